The molecule has 7 heteroatoms. The van der Waals surface area contributed by atoms with Gasteiger partial charge in [-0.25, -0.2) is 9.98 Å². The van der Waals surface area contributed by atoms with E-state index in [0.29, 0.717) is 29.5 Å². The van der Waals surface area contributed by atoms with Gasteiger partial charge in [-0.05, 0) is 64.7 Å². The molecule has 0 atom stereocenters. The summed E-state index contributed by atoms with van der Waals surface area (Å²) in [6.45, 7) is 10.5. The first kappa shape index (κ1) is 20.2. The number of benzene rings is 1. The van der Waals surface area contributed by atoms with Crippen LogP contribution < -0.4 is 5.56 Å². The second-order valence-corrected chi connectivity index (χ2v) is 7.82. The van der Waals surface area contributed by atoms with Crippen LogP contribution in [0, 0.1) is 6.92 Å². The number of hydrogen-bond donors (Lipinski definition) is 0. The van der Waals surface area contributed by atoms with Gasteiger partial charge in [-0.1, -0.05) is 17.3 Å². The third kappa shape index (κ3) is 4.11. The molecular formula is C23H27N5O2. The zero-order chi connectivity index (χ0) is 21.1. The number of aromatic nitrogens is 2. The maximum absolute atomic E-state index is 12.7. The molecule has 0 radical (unpaired) electrons. The average molecular weight is 406 g/mol. The van der Waals surface area contributed by atoms with E-state index in [-0.39, 0.29) is 5.56 Å². The highest BCUT2D eigenvalue weighted by Gasteiger charge is 2.24. The molecule has 0 amide bonds. The van der Waals surface area contributed by atoms with Crippen LogP contribution in [0.1, 0.15) is 36.9 Å². The molecule has 0 bridgehead atoms. The van der Waals surface area contributed by atoms with Gasteiger partial charge in [0.2, 0.25) is 0 Å². The largest absolute Gasteiger partial charge is 0.356 e. The van der Waals surface area contributed by atoms with Gasteiger partial charge in [-0.2, -0.15) is 0 Å². The molecule has 7 nitrogen and oxygen atoms in total. The van der Waals surface area contributed by atoms with Crippen LogP contribution >= 0.6 is 0 Å². The number of rotatable bonds is 5. The molecule has 0 N–H and O–H groups in total. The number of likely N-dealkylation sites (tertiary alicyclic amines) is 1. The van der Waals surface area contributed by atoms with Crippen molar-refractivity contribution in [1.29, 1.82) is 0 Å². The van der Waals surface area contributed by atoms with Crippen LogP contribution in [-0.2, 0) is 6.54 Å². The first-order chi connectivity index (χ1) is 14.6. The fourth-order valence-electron chi connectivity index (χ4n) is 4.06. The second-order valence-electron chi connectivity index (χ2n) is 7.82. The highest BCUT2D eigenvalue weighted by Crippen LogP contribution is 2.32. The van der Waals surface area contributed by atoms with Gasteiger partial charge < -0.3 is 14.0 Å². The number of fused-ring (bicyclic) bond motifs is 1. The topological polar surface area (TPSA) is 76.0 Å². The van der Waals surface area contributed by atoms with E-state index in [2.05, 4.69) is 32.8 Å². The van der Waals surface area contributed by atoms with Crippen LogP contribution in [0.2, 0.25) is 0 Å². The summed E-state index contributed by atoms with van der Waals surface area (Å²) in [4.78, 5) is 23.2. The zero-order valence-electron chi connectivity index (χ0n) is 17.5. The van der Waals surface area contributed by atoms with Gasteiger partial charge >= 0.3 is 0 Å². The maximum atomic E-state index is 12.7. The Morgan fingerprint density at radius 2 is 2.00 bits per heavy atom. The molecule has 2 aromatic heterocycles. The maximum Gasteiger partial charge on any atom is 0.255 e. The number of amidine groups is 1. The summed E-state index contributed by atoms with van der Waals surface area (Å²) in [5.74, 6) is 0.978. The van der Waals surface area contributed by atoms with Crippen molar-refractivity contribution in [1.82, 2.24) is 14.6 Å². The van der Waals surface area contributed by atoms with E-state index >= 15 is 0 Å². The third-order valence-electron chi connectivity index (χ3n) is 5.93. The number of pyridine rings is 1. The van der Waals surface area contributed by atoms with Crippen molar-refractivity contribution in [3.8, 4) is 0 Å². The zero-order valence-corrected chi connectivity index (χ0v) is 17.5. The highest BCUT2D eigenvalue weighted by atomic mass is 16.5. The predicted molar refractivity (Wildman–Crippen MR) is 120 cm³/mol. The minimum atomic E-state index is -0.00272. The minimum absolute atomic E-state index is 0.00272. The molecule has 1 aromatic carbocycles. The van der Waals surface area contributed by atoms with Gasteiger partial charge in [0.05, 0.1) is 11.4 Å². The van der Waals surface area contributed by atoms with Crippen LogP contribution in [0.5, 0.6) is 0 Å². The summed E-state index contributed by atoms with van der Waals surface area (Å²) in [6, 6.07) is 9.92. The Kier molecular flexibility index (Phi) is 5.90. The summed E-state index contributed by atoms with van der Waals surface area (Å²) in [5, 5.41) is 5.46. The van der Waals surface area contributed by atoms with E-state index < -0.39 is 0 Å². The van der Waals surface area contributed by atoms with Crippen LogP contribution in [0.15, 0.2) is 55.8 Å². The fourth-order valence-corrected chi connectivity index (χ4v) is 4.06. The number of hydrogen-bond acceptors (Lipinski definition) is 5. The van der Waals surface area contributed by atoms with Gasteiger partial charge in [0.25, 0.3) is 5.56 Å². The van der Waals surface area contributed by atoms with Crippen molar-refractivity contribution in [2.75, 3.05) is 19.6 Å². The van der Waals surface area contributed by atoms with E-state index in [9.17, 15) is 4.79 Å². The Morgan fingerprint density at radius 3 is 2.77 bits per heavy atom. The van der Waals surface area contributed by atoms with Crippen LogP contribution in [0.4, 0.5) is 5.69 Å². The monoisotopic (exact) mass is 405 g/mol. The smallest absolute Gasteiger partial charge is 0.255 e. The van der Waals surface area contributed by atoms with Crippen molar-refractivity contribution in [2.45, 2.75) is 39.2 Å². The minimum Gasteiger partial charge on any atom is -0.356 e. The van der Waals surface area contributed by atoms with Crippen molar-refractivity contribution >= 4 is 29.2 Å². The third-order valence-corrected chi connectivity index (χ3v) is 5.93. The second kappa shape index (κ2) is 8.75. The van der Waals surface area contributed by atoms with Crippen LogP contribution in [0.3, 0.4) is 0 Å². The van der Waals surface area contributed by atoms with Gasteiger partial charge in [0.1, 0.15) is 5.84 Å². The SMILES string of the molecule is C=NC(C)=Nc1ccn(CCN2CCC(c3noc4ccccc34)CC2)c(=O)c1C. The molecular weight excluding hydrogens is 378 g/mol. The Balaban J connectivity index is 1.36. The fraction of sp³-hybridized carbons (Fsp3) is 0.391. The standard InChI is InChI=1S/C23H27N5O2/c1-16-20(25-17(2)24-3)10-13-28(23(16)29)15-14-27-11-8-18(9-12-27)22-19-6-4-5-7-21(19)30-26-22/h4-7,10,13,18H,3,8-9,11-12,14-15H2,1-2H3. The molecule has 3 heterocycles. The van der Waals surface area contributed by atoms with Gasteiger partial charge in [-0.15, -0.1) is 0 Å². The molecule has 4 rings (SSSR count). The molecule has 0 unspecified atom stereocenters. The Hall–Kier alpha value is -3.06. The lowest BCUT2D eigenvalue weighted by Crippen LogP contribution is -2.37. The van der Waals surface area contributed by atoms with E-state index in [4.69, 9.17) is 4.52 Å². The Bertz CT molecular complexity index is 1140. The quantitative estimate of drug-likeness (QED) is 0.476. The molecule has 0 aliphatic carbocycles. The first-order valence-electron chi connectivity index (χ1n) is 10.4. The Morgan fingerprint density at radius 1 is 1.23 bits per heavy atom. The van der Waals surface area contributed by atoms with E-state index in [0.717, 1.165) is 49.1 Å². The van der Waals surface area contributed by atoms with Crippen molar-refractivity contribution in [3.63, 3.8) is 0 Å². The van der Waals surface area contributed by atoms with E-state index in [1.54, 1.807) is 11.5 Å². The van der Waals surface area contributed by atoms with Gasteiger partial charge in [0.15, 0.2) is 5.58 Å². The van der Waals surface area contributed by atoms with Crippen LogP contribution in [0.25, 0.3) is 11.0 Å². The molecule has 1 fully saturated rings. The normalized spacial score (nSPS) is 16.3. The lowest BCUT2D eigenvalue weighted by molar-refractivity contribution is 0.202. The lowest BCUT2D eigenvalue weighted by atomic mass is 9.91. The number of para-hydroxylation sites is 1. The summed E-state index contributed by atoms with van der Waals surface area (Å²) < 4.78 is 7.25. The highest BCUT2D eigenvalue weighted by molar-refractivity contribution is 5.86. The number of aliphatic imine (C=N–C) groups is 2. The summed E-state index contributed by atoms with van der Waals surface area (Å²) in [5.41, 5.74) is 3.23. The molecule has 0 spiro atoms. The molecule has 1 aliphatic heterocycles. The summed E-state index contributed by atoms with van der Waals surface area (Å²) in [7, 11) is 0. The molecule has 1 saturated heterocycles. The molecule has 1 aliphatic rings. The molecule has 3 aromatic rings. The van der Waals surface area contributed by atoms with Crippen molar-refractivity contribution in [3.05, 3.63) is 58.1 Å². The van der Waals surface area contributed by atoms with E-state index in [1.807, 2.05) is 37.4 Å². The van der Waals surface area contributed by atoms with Crippen molar-refractivity contribution in [2.24, 2.45) is 9.98 Å². The average Bonchev–Trinajstić information content (AvgIpc) is 3.21. The molecule has 0 saturated carbocycles. The number of piperidine rings is 1. The van der Waals surface area contributed by atoms with Gasteiger partial charge in [-0.3, -0.25) is 4.79 Å². The summed E-state index contributed by atoms with van der Waals surface area (Å²) >= 11 is 0. The molecule has 156 valence electrons. The van der Waals surface area contributed by atoms with Gasteiger partial charge in [0, 0.05) is 36.2 Å². The molecule has 30 heavy (non-hydrogen) atoms. The predicted octanol–water partition coefficient (Wildman–Crippen LogP) is 3.93. The van der Waals surface area contributed by atoms with Crippen LogP contribution in [-0.4, -0.2) is 46.8 Å². The summed E-state index contributed by atoms with van der Waals surface area (Å²) in [6.07, 6.45) is 3.91. The lowest BCUT2D eigenvalue weighted by Gasteiger charge is -2.31. The van der Waals surface area contributed by atoms with Crippen molar-refractivity contribution < 1.29 is 4.52 Å². The number of nitrogens with zero attached hydrogens (tertiary/aromatic N) is 5. The first-order valence-corrected chi connectivity index (χ1v) is 10.4. The van der Waals surface area contributed by atoms with E-state index in [1.165, 1.54) is 0 Å². The Labute approximate surface area is 175 Å².